The van der Waals surface area contributed by atoms with Crippen LogP contribution in [0.2, 0.25) is 0 Å². The van der Waals surface area contributed by atoms with Gasteiger partial charge < -0.3 is 26.7 Å². The number of nitrogens with two attached hydrogens (primary N) is 3. The van der Waals surface area contributed by atoms with E-state index in [1.807, 2.05) is 0 Å². The van der Waals surface area contributed by atoms with E-state index in [1.54, 1.807) is 0 Å². The van der Waals surface area contributed by atoms with Crippen molar-refractivity contribution in [2.75, 3.05) is 26.3 Å². The fourth-order valence-corrected chi connectivity index (χ4v) is 0.903. The average Bonchev–Trinajstić information content (AvgIpc) is 2.30. The molecule has 0 rings (SSSR count). The lowest BCUT2D eigenvalue weighted by Gasteiger charge is -2.10. The summed E-state index contributed by atoms with van der Waals surface area (Å²) in [6.07, 6.45) is 0.256. The Kier molecular flexibility index (Phi) is 25.2. The summed E-state index contributed by atoms with van der Waals surface area (Å²) >= 11 is 0. The first-order valence-electron chi connectivity index (χ1n) is 5.09. The molecule has 0 bridgehead atoms. The van der Waals surface area contributed by atoms with Gasteiger partial charge in [-0.3, -0.25) is 9.59 Å². The first kappa shape index (κ1) is 27.1. The minimum atomic E-state index is -0.822. The van der Waals surface area contributed by atoms with Gasteiger partial charge in [-0.1, -0.05) is 0 Å². The van der Waals surface area contributed by atoms with E-state index in [-0.39, 0.29) is 76.4 Å². The smallest absolute Gasteiger partial charge is 0.322 e. The maximum Gasteiger partial charge on any atom is 0.322 e. The Bertz CT molecular complexity index is 235. The molecule has 7 nitrogen and oxygen atoms in total. The van der Waals surface area contributed by atoms with Crippen LogP contribution in [0.15, 0.2) is 0 Å². The molecule has 0 aliphatic heterocycles. The Balaban J connectivity index is -0.000000375. The number of rotatable bonds is 8. The summed E-state index contributed by atoms with van der Waals surface area (Å²) in [4.78, 5) is 22.2. The van der Waals surface area contributed by atoms with E-state index in [4.69, 9.17) is 26.7 Å². The van der Waals surface area contributed by atoms with Crippen molar-refractivity contribution in [2.24, 2.45) is 17.2 Å². The molecule has 6 N–H and O–H groups in total. The van der Waals surface area contributed by atoms with Gasteiger partial charge in [0.1, 0.15) is 19.3 Å². The van der Waals surface area contributed by atoms with Crippen LogP contribution in [0.25, 0.3) is 0 Å². The molecule has 0 saturated carbocycles. The summed E-state index contributed by atoms with van der Waals surface area (Å²) in [5.74, 6) is -0.982. The lowest BCUT2D eigenvalue weighted by atomic mass is 10.2. The van der Waals surface area contributed by atoms with E-state index in [1.165, 1.54) is 0 Å². The molecule has 0 aromatic carbocycles. The minimum Gasteiger partial charge on any atom is -0.464 e. The molecule has 0 radical (unpaired) electrons. The molecule has 0 aromatic rings. The third-order valence-electron chi connectivity index (χ3n) is 1.71. The van der Waals surface area contributed by atoms with Crippen molar-refractivity contribution in [3.63, 3.8) is 0 Å². The number of hydrogen-bond donors (Lipinski definition) is 3. The zero-order chi connectivity index (χ0) is 12.4. The third-order valence-corrected chi connectivity index (χ3v) is 1.71. The normalized spacial score (nSPS) is 10.1. The Hall–Kier alpha value is -0.310. The summed E-state index contributed by atoms with van der Waals surface area (Å²) < 4.78 is 9.42. The molecule has 0 aliphatic carbocycles. The van der Waals surface area contributed by atoms with Gasteiger partial charge in [-0.2, -0.15) is 0 Å². The van der Waals surface area contributed by atoms with Crippen molar-refractivity contribution >= 4 is 49.2 Å². The molecule has 10 heteroatoms. The second-order valence-electron chi connectivity index (χ2n) is 3.11. The van der Waals surface area contributed by atoms with Crippen LogP contribution in [0.1, 0.15) is 12.8 Å². The number of halogens is 3. The first-order chi connectivity index (χ1) is 7.61. The highest BCUT2D eigenvalue weighted by Gasteiger charge is 2.16. The standard InChI is InChI=1S/C9H19N3O4.3ClH/c10-3-5-15-8(13)2-1-7(12)9(14)16-6-4-11;;;/h7H,1-6,10-12H2;3*1H/t7-;;;/m0.../s1. The van der Waals surface area contributed by atoms with Crippen molar-refractivity contribution < 1.29 is 19.1 Å². The van der Waals surface area contributed by atoms with Crippen LogP contribution in [0.4, 0.5) is 0 Å². The van der Waals surface area contributed by atoms with Gasteiger partial charge in [0.25, 0.3) is 0 Å². The van der Waals surface area contributed by atoms with E-state index in [2.05, 4.69) is 0 Å². The molecule has 0 saturated heterocycles. The van der Waals surface area contributed by atoms with Crippen molar-refractivity contribution in [2.45, 2.75) is 18.9 Å². The van der Waals surface area contributed by atoms with E-state index >= 15 is 0 Å². The fourth-order valence-electron chi connectivity index (χ4n) is 0.903. The molecular formula is C9H22Cl3N3O4. The molecule has 0 aliphatic rings. The van der Waals surface area contributed by atoms with Gasteiger partial charge in [-0.05, 0) is 6.42 Å². The zero-order valence-electron chi connectivity index (χ0n) is 10.4. The van der Waals surface area contributed by atoms with Crippen LogP contribution >= 0.6 is 37.2 Å². The summed E-state index contributed by atoms with van der Waals surface area (Å²) in [5, 5.41) is 0. The molecule has 0 heterocycles. The fraction of sp³-hybridized carbons (Fsp3) is 0.778. The van der Waals surface area contributed by atoms with Gasteiger partial charge in [0.15, 0.2) is 0 Å². The third kappa shape index (κ3) is 15.6. The summed E-state index contributed by atoms with van der Waals surface area (Å²) in [6.45, 7) is 0.823. The quantitative estimate of drug-likeness (QED) is 0.500. The lowest BCUT2D eigenvalue weighted by Crippen LogP contribution is -2.34. The Morgan fingerprint density at radius 2 is 1.42 bits per heavy atom. The minimum absolute atomic E-state index is 0. The zero-order valence-corrected chi connectivity index (χ0v) is 12.9. The number of esters is 2. The van der Waals surface area contributed by atoms with Crippen LogP contribution in [0.3, 0.4) is 0 Å². The highest BCUT2D eigenvalue weighted by Crippen LogP contribution is 1.99. The first-order valence-corrected chi connectivity index (χ1v) is 5.09. The second kappa shape index (κ2) is 17.7. The second-order valence-corrected chi connectivity index (χ2v) is 3.11. The topological polar surface area (TPSA) is 131 Å². The van der Waals surface area contributed by atoms with Crippen molar-refractivity contribution in [1.82, 2.24) is 0 Å². The number of carbonyl (C=O) groups is 2. The average molecular weight is 343 g/mol. The van der Waals surface area contributed by atoms with E-state index < -0.39 is 18.0 Å². The maximum atomic E-state index is 11.2. The van der Waals surface area contributed by atoms with Crippen molar-refractivity contribution in [3.05, 3.63) is 0 Å². The molecule has 0 aromatic heterocycles. The number of hydrogen-bond acceptors (Lipinski definition) is 7. The van der Waals surface area contributed by atoms with Gasteiger partial charge in [0.05, 0.1) is 0 Å². The Labute approximate surface area is 131 Å². The molecule has 0 fully saturated rings. The number of ether oxygens (including phenoxy) is 2. The van der Waals surface area contributed by atoms with Crippen LogP contribution in [0.5, 0.6) is 0 Å². The SMILES string of the molecule is Cl.Cl.Cl.NCCOC(=O)CC[C@H](N)C(=O)OCCN. The predicted octanol–water partition coefficient (Wildman–Crippen LogP) is -0.637. The maximum absolute atomic E-state index is 11.2. The highest BCUT2D eigenvalue weighted by molar-refractivity contribution is 5.86. The predicted molar refractivity (Wildman–Crippen MR) is 79.0 cm³/mol. The van der Waals surface area contributed by atoms with E-state index in [0.29, 0.717) is 0 Å². The largest absolute Gasteiger partial charge is 0.464 e. The molecule has 0 unspecified atom stereocenters. The van der Waals surface area contributed by atoms with Crippen LogP contribution in [-0.4, -0.2) is 44.3 Å². The number of carbonyl (C=O) groups excluding carboxylic acids is 2. The van der Waals surface area contributed by atoms with Crippen LogP contribution in [0, 0.1) is 0 Å². The van der Waals surface area contributed by atoms with Crippen LogP contribution in [-0.2, 0) is 19.1 Å². The highest BCUT2D eigenvalue weighted by atomic mass is 35.5. The molecule has 0 amide bonds. The lowest BCUT2D eigenvalue weighted by molar-refractivity contribution is -0.146. The summed E-state index contributed by atoms with van der Waals surface area (Å²) in [5.41, 5.74) is 15.8. The van der Waals surface area contributed by atoms with Crippen LogP contribution < -0.4 is 17.2 Å². The molecule has 19 heavy (non-hydrogen) atoms. The van der Waals surface area contributed by atoms with Crippen molar-refractivity contribution in [1.29, 1.82) is 0 Å². The van der Waals surface area contributed by atoms with Gasteiger partial charge in [0, 0.05) is 19.5 Å². The van der Waals surface area contributed by atoms with Gasteiger partial charge in [0.2, 0.25) is 0 Å². The van der Waals surface area contributed by atoms with Gasteiger partial charge >= 0.3 is 11.9 Å². The summed E-state index contributed by atoms with van der Waals surface area (Å²) in [7, 11) is 0. The Morgan fingerprint density at radius 1 is 0.947 bits per heavy atom. The van der Waals surface area contributed by atoms with Gasteiger partial charge in [-0.15, -0.1) is 37.2 Å². The van der Waals surface area contributed by atoms with Crippen molar-refractivity contribution in [3.8, 4) is 0 Å². The molecule has 1 atom stereocenters. The monoisotopic (exact) mass is 341 g/mol. The molecule has 0 spiro atoms. The Morgan fingerprint density at radius 3 is 1.89 bits per heavy atom. The van der Waals surface area contributed by atoms with Gasteiger partial charge in [-0.25, -0.2) is 0 Å². The summed E-state index contributed by atoms with van der Waals surface area (Å²) in [6, 6.07) is -0.822. The molecule has 118 valence electrons. The molecular weight excluding hydrogens is 320 g/mol. The van der Waals surface area contributed by atoms with E-state index in [9.17, 15) is 9.59 Å². The van der Waals surface area contributed by atoms with E-state index in [0.717, 1.165) is 0 Å².